The van der Waals surface area contributed by atoms with E-state index in [0.717, 1.165) is 17.0 Å². The Balaban J connectivity index is 2.07. The first-order valence-electron chi connectivity index (χ1n) is 6.01. The van der Waals surface area contributed by atoms with Crippen molar-refractivity contribution in [1.82, 2.24) is 4.98 Å². The molecule has 1 aliphatic rings. The first-order valence-corrected chi connectivity index (χ1v) is 6.83. The summed E-state index contributed by atoms with van der Waals surface area (Å²) >= 11 is 1.40. The average Bonchev–Trinajstić information content (AvgIpc) is 2.83. The molecule has 0 bridgehead atoms. The molecule has 3 rings (SSSR count). The van der Waals surface area contributed by atoms with Gasteiger partial charge in [0.1, 0.15) is 5.82 Å². The Morgan fingerprint density at radius 1 is 1.40 bits per heavy atom. The normalized spacial score (nSPS) is 17.6. The Labute approximate surface area is 117 Å². The van der Waals surface area contributed by atoms with E-state index in [1.165, 1.54) is 17.4 Å². The van der Waals surface area contributed by atoms with Crippen molar-refractivity contribution in [1.29, 1.82) is 0 Å². The van der Waals surface area contributed by atoms with Gasteiger partial charge in [-0.1, -0.05) is 17.4 Å². The third-order valence-corrected chi connectivity index (χ3v) is 4.36. The van der Waals surface area contributed by atoms with Crippen LogP contribution in [0.5, 0.6) is 0 Å². The van der Waals surface area contributed by atoms with Crippen molar-refractivity contribution in [2.24, 2.45) is 0 Å². The average molecular weight is 295 g/mol. The predicted octanol–water partition coefficient (Wildman–Crippen LogP) is 2.94. The molecule has 0 aliphatic carbocycles. The van der Waals surface area contributed by atoms with E-state index >= 15 is 0 Å². The predicted molar refractivity (Wildman–Crippen MR) is 73.1 cm³/mol. The van der Waals surface area contributed by atoms with Crippen LogP contribution >= 0.6 is 11.3 Å². The van der Waals surface area contributed by atoms with E-state index in [9.17, 15) is 13.6 Å². The minimum absolute atomic E-state index is 0.180. The highest BCUT2D eigenvalue weighted by Gasteiger charge is 2.30. The second kappa shape index (κ2) is 4.82. The van der Waals surface area contributed by atoms with Crippen molar-refractivity contribution >= 4 is 28.2 Å². The van der Waals surface area contributed by atoms with Crippen LogP contribution < -0.4 is 10.6 Å². The van der Waals surface area contributed by atoms with Crippen LogP contribution in [-0.2, 0) is 4.79 Å². The van der Waals surface area contributed by atoms with Crippen molar-refractivity contribution in [3.8, 4) is 0 Å². The molecule has 1 aromatic carbocycles. The number of carbonyl (C=O) groups excluding carboxylic acids is 1. The van der Waals surface area contributed by atoms with Crippen LogP contribution in [-0.4, -0.2) is 17.9 Å². The van der Waals surface area contributed by atoms with Crippen LogP contribution in [0.3, 0.4) is 0 Å². The molecule has 20 heavy (non-hydrogen) atoms. The molecule has 0 spiro atoms. The van der Waals surface area contributed by atoms with Gasteiger partial charge in [-0.2, -0.15) is 0 Å². The zero-order chi connectivity index (χ0) is 14.3. The van der Waals surface area contributed by atoms with Crippen molar-refractivity contribution in [3.05, 3.63) is 40.3 Å². The topological polar surface area (TPSA) is 54.0 Å². The fraction of sp³-hybridized carbons (Fsp3) is 0.231. The van der Waals surface area contributed by atoms with Gasteiger partial charge in [0.2, 0.25) is 5.91 Å². The number of amides is 1. The zero-order valence-corrected chi connectivity index (χ0v) is 11.4. The van der Waals surface area contributed by atoms with Crippen LogP contribution in [0, 0.1) is 11.6 Å². The van der Waals surface area contributed by atoms with Gasteiger partial charge in [-0.3, -0.25) is 4.79 Å². The minimum Gasteiger partial charge on any atom is -0.365 e. The van der Waals surface area contributed by atoms with Gasteiger partial charge in [0.15, 0.2) is 16.8 Å². The zero-order valence-electron chi connectivity index (χ0n) is 10.5. The molecule has 4 nitrogen and oxygen atoms in total. The molecular weight excluding hydrogens is 284 g/mol. The number of carbonyl (C=O) groups is 1. The molecule has 0 radical (unpaired) electrons. The number of aromatic nitrogens is 1. The Kier molecular flexibility index (Phi) is 3.13. The summed E-state index contributed by atoms with van der Waals surface area (Å²) < 4.78 is 26.4. The van der Waals surface area contributed by atoms with Gasteiger partial charge in [-0.05, 0) is 17.7 Å². The van der Waals surface area contributed by atoms with Crippen LogP contribution in [0.1, 0.15) is 22.8 Å². The van der Waals surface area contributed by atoms with Gasteiger partial charge >= 0.3 is 0 Å². The highest BCUT2D eigenvalue weighted by molar-refractivity contribution is 7.16. The highest BCUT2D eigenvalue weighted by Crippen LogP contribution is 2.42. The molecule has 0 saturated heterocycles. The number of hydrogen-bond donors (Lipinski definition) is 2. The van der Waals surface area contributed by atoms with E-state index < -0.39 is 11.6 Å². The van der Waals surface area contributed by atoms with E-state index in [2.05, 4.69) is 15.6 Å². The summed E-state index contributed by atoms with van der Waals surface area (Å²) in [5, 5.41) is 6.28. The molecule has 0 fully saturated rings. The summed E-state index contributed by atoms with van der Waals surface area (Å²) in [6.45, 7) is 0. The van der Waals surface area contributed by atoms with E-state index in [0.29, 0.717) is 16.5 Å². The highest BCUT2D eigenvalue weighted by atomic mass is 32.1. The van der Waals surface area contributed by atoms with Crippen molar-refractivity contribution in [2.45, 2.75) is 12.3 Å². The van der Waals surface area contributed by atoms with Crippen molar-refractivity contribution < 1.29 is 13.6 Å². The number of rotatable bonds is 2. The molecule has 2 heterocycles. The summed E-state index contributed by atoms with van der Waals surface area (Å²) in [7, 11) is 1.73. The maximum atomic E-state index is 13.4. The monoisotopic (exact) mass is 295 g/mol. The molecule has 1 aromatic heterocycles. The smallest absolute Gasteiger partial charge is 0.226 e. The number of nitrogens with zero attached hydrogens (tertiary/aromatic N) is 1. The standard InChI is InChI=1S/C13H11F2N3OS/c1-16-13-18-12-11(20-13)7(5-10(19)17-12)6-2-3-8(14)9(15)4-6/h2-4,7H,5H2,1H3,(H,16,18)(H,17,19)/t7-/m0/s1. The molecule has 1 atom stereocenters. The van der Waals surface area contributed by atoms with Crippen molar-refractivity contribution in [2.75, 3.05) is 17.7 Å². The van der Waals surface area contributed by atoms with Crippen LogP contribution in [0.2, 0.25) is 0 Å². The summed E-state index contributed by atoms with van der Waals surface area (Å²) in [5.41, 5.74) is 0.575. The summed E-state index contributed by atoms with van der Waals surface area (Å²) in [6.07, 6.45) is 0.198. The fourth-order valence-electron chi connectivity index (χ4n) is 2.22. The maximum absolute atomic E-state index is 13.4. The minimum atomic E-state index is -0.909. The van der Waals surface area contributed by atoms with Gasteiger partial charge in [-0.15, -0.1) is 0 Å². The summed E-state index contributed by atoms with van der Waals surface area (Å²) in [5.74, 6) is -1.79. The number of halogens is 2. The number of anilines is 2. The molecule has 1 aliphatic heterocycles. The van der Waals surface area contributed by atoms with Gasteiger partial charge in [0.25, 0.3) is 0 Å². The van der Waals surface area contributed by atoms with Gasteiger partial charge < -0.3 is 10.6 Å². The Hall–Kier alpha value is -2.02. The van der Waals surface area contributed by atoms with E-state index in [1.807, 2.05) is 0 Å². The molecular formula is C13H11F2N3OS. The molecule has 2 N–H and O–H groups in total. The maximum Gasteiger partial charge on any atom is 0.226 e. The molecule has 104 valence electrons. The lowest BCUT2D eigenvalue weighted by Gasteiger charge is -2.21. The lowest BCUT2D eigenvalue weighted by atomic mass is 9.91. The molecule has 2 aromatic rings. The second-order valence-electron chi connectivity index (χ2n) is 4.46. The Morgan fingerprint density at radius 2 is 2.20 bits per heavy atom. The van der Waals surface area contributed by atoms with Gasteiger partial charge in [-0.25, -0.2) is 13.8 Å². The van der Waals surface area contributed by atoms with Crippen LogP contribution in [0.15, 0.2) is 18.2 Å². The number of hydrogen-bond acceptors (Lipinski definition) is 4. The number of fused-ring (bicyclic) bond motifs is 1. The van der Waals surface area contributed by atoms with E-state index in [1.54, 1.807) is 7.05 Å². The number of thiazole rings is 1. The van der Waals surface area contributed by atoms with Gasteiger partial charge in [0, 0.05) is 19.4 Å². The molecule has 0 saturated carbocycles. The first kappa shape index (κ1) is 13.0. The van der Waals surface area contributed by atoms with Crippen molar-refractivity contribution in [3.63, 3.8) is 0 Å². The van der Waals surface area contributed by atoms with E-state index in [-0.39, 0.29) is 18.2 Å². The van der Waals surface area contributed by atoms with Crippen LogP contribution in [0.4, 0.5) is 19.7 Å². The number of nitrogens with one attached hydrogen (secondary N) is 2. The second-order valence-corrected chi connectivity index (χ2v) is 5.49. The third-order valence-electron chi connectivity index (χ3n) is 3.18. The van der Waals surface area contributed by atoms with Crippen LogP contribution in [0.25, 0.3) is 0 Å². The largest absolute Gasteiger partial charge is 0.365 e. The summed E-state index contributed by atoms with van der Waals surface area (Å²) in [4.78, 5) is 16.8. The lowest BCUT2D eigenvalue weighted by molar-refractivity contribution is -0.116. The first-order chi connectivity index (χ1) is 9.58. The van der Waals surface area contributed by atoms with Gasteiger partial charge in [0.05, 0.1) is 4.88 Å². The SMILES string of the molecule is CNc1nc2c(s1)[C@H](c1ccc(F)c(F)c1)CC(=O)N2. The van der Waals surface area contributed by atoms with E-state index in [4.69, 9.17) is 0 Å². The number of benzene rings is 1. The molecule has 1 amide bonds. The molecule has 0 unspecified atom stereocenters. The molecule has 7 heteroatoms. The lowest BCUT2D eigenvalue weighted by Crippen LogP contribution is -2.22. The summed E-state index contributed by atoms with van der Waals surface area (Å²) in [6, 6.07) is 3.72. The third kappa shape index (κ3) is 2.14. The fourth-order valence-corrected chi connectivity index (χ4v) is 3.23. The Bertz CT molecular complexity index is 686. The Morgan fingerprint density at radius 3 is 2.90 bits per heavy atom. The quantitative estimate of drug-likeness (QED) is 0.895.